The molecule has 6 heteroatoms. The predicted molar refractivity (Wildman–Crippen MR) is 113 cm³/mol. The Balaban J connectivity index is 1.52. The van der Waals surface area contributed by atoms with E-state index in [1.54, 1.807) is 35.1 Å². The van der Waals surface area contributed by atoms with Gasteiger partial charge < -0.3 is 10.6 Å². The normalized spacial score (nSPS) is 11.8. The Morgan fingerprint density at radius 1 is 1.00 bits per heavy atom. The van der Waals surface area contributed by atoms with Gasteiger partial charge in [-0.05, 0) is 48.2 Å². The summed E-state index contributed by atoms with van der Waals surface area (Å²) < 4.78 is 1.80. The first-order valence-corrected chi connectivity index (χ1v) is 9.77. The van der Waals surface area contributed by atoms with Crippen LogP contribution in [0.2, 0.25) is 0 Å². The van der Waals surface area contributed by atoms with E-state index < -0.39 is 6.04 Å². The van der Waals surface area contributed by atoms with Crippen molar-refractivity contribution in [1.29, 1.82) is 0 Å². The van der Waals surface area contributed by atoms with Gasteiger partial charge >= 0.3 is 0 Å². The van der Waals surface area contributed by atoms with Gasteiger partial charge in [-0.2, -0.15) is 5.10 Å². The van der Waals surface area contributed by atoms with Crippen LogP contribution in [0.1, 0.15) is 29.8 Å². The van der Waals surface area contributed by atoms with E-state index in [-0.39, 0.29) is 17.7 Å². The molecule has 0 bridgehead atoms. The number of carbonyl (C=O) groups is 2. The molecule has 0 radical (unpaired) electrons. The lowest BCUT2D eigenvalue weighted by molar-refractivity contribution is -0.123. The van der Waals surface area contributed by atoms with Crippen molar-refractivity contribution in [2.75, 3.05) is 6.54 Å². The van der Waals surface area contributed by atoms with E-state index in [0.717, 1.165) is 11.3 Å². The van der Waals surface area contributed by atoms with Crippen molar-refractivity contribution < 1.29 is 9.59 Å². The highest BCUT2D eigenvalue weighted by molar-refractivity contribution is 5.97. The molecule has 6 nitrogen and oxygen atoms in total. The van der Waals surface area contributed by atoms with Crippen LogP contribution in [-0.2, 0) is 11.2 Å². The maximum Gasteiger partial charge on any atom is 0.251 e. The molecule has 2 N–H and O–H groups in total. The van der Waals surface area contributed by atoms with Crippen LogP contribution in [0.15, 0.2) is 73.1 Å². The fraction of sp³-hybridized carbons (Fsp3) is 0.261. The van der Waals surface area contributed by atoms with Crippen LogP contribution in [0.4, 0.5) is 0 Å². The maximum atomic E-state index is 12.6. The van der Waals surface area contributed by atoms with Crippen molar-refractivity contribution in [3.63, 3.8) is 0 Å². The van der Waals surface area contributed by atoms with Gasteiger partial charge in [-0.15, -0.1) is 0 Å². The van der Waals surface area contributed by atoms with Gasteiger partial charge in [0.1, 0.15) is 6.04 Å². The summed E-state index contributed by atoms with van der Waals surface area (Å²) in [5.74, 6) is -0.429. The Morgan fingerprint density at radius 2 is 1.72 bits per heavy atom. The van der Waals surface area contributed by atoms with Gasteiger partial charge in [0.25, 0.3) is 5.91 Å². The lowest BCUT2D eigenvalue weighted by Gasteiger charge is -2.21. The summed E-state index contributed by atoms with van der Waals surface area (Å²) in [5.41, 5.74) is 2.66. The minimum absolute atomic E-state index is 0.0176. The molecule has 150 valence electrons. The van der Waals surface area contributed by atoms with Gasteiger partial charge in [-0.25, -0.2) is 4.68 Å². The SMILES string of the molecule is CC(C)C(NC(=O)c1ccccc1)C(=O)NCCc1ccc(-n2cccn2)cc1. The zero-order valence-electron chi connectivity index (χ0n) is 16.7. The van der Waals surface area contributed by atoms with E-state index in [1.165, 1.54) is 0 Å². The molecule has 0 spiro atoms. The predicted octanol–water partition coefficient (Wildman–Crippen LogP) is 2.99. The van der Waals surface area contributed by atoms with Crippen LogP contribution in [0.5, 0.6) is 0 Å². The molecule has 2 amide bonds. The van der Waals surface area contributed by atoms with Gasteiger partial charge in [0.05, 0.1) is 5.69 Å². The first-order chi connectivity index (χ1) is 14.0. The molecule has 1 heterocycles. The summed E-state index contributed by atoms with van der Waals surface area (Å²) in [6.45, 7) is 4.34. The number of benzene rings is 2. The van der Waals surface area contributed by atoms with Crippen LogP contribution in [0, 0.1) is 5.92 Å². The third-order valence-corrected chi connectivity index (χ3v) is 4.69. The highest BCUT2D eigenvalue weighted by Crippen LogP contribution is 2.09. The molecule has 0 aliphatic heterocycles. The Kier molecular flexibility index (Phi) is 6.79. The van der Waals surface area contributed by atoms with Gasteiger partial charge in [0, 0.05) is 24.5 Å². The van der Waals surface area contributed by atoms with E-state index in [2.05, 4.69) is 15.7 Å². The molecule has 0 saturated carbocycles. The van der Waals surface area contributed by atoms with Crippen LogP contribution in [0.3, 0.4) is 0 Å². The summed E-state index contributed by atoms with van der Waals surface area (Å²) in [5, 5.41) is 9.99. The largest absolute Gasteiger partial charge is 0.354 e. The standard InChI is InChI=1S/C23H26N4O2/c1-17(2)21(26-22(28)19-7-4-3-5-8-19)23(29)24-15-13-18-9-11-20(12-10-18)27-16-6-14-25-27/h3-12,14,16-17,21H,13,15H2,1-2H3,(H,24,29)(H,26,28). The maximum absolute atomic E-state index is 12.6. The van der Waals surface area contributed by atoms with E-state index in [4.69, 9.17) is 0 Å². The highest BCUT2D eigenvalue weighted by Gasteiger charge is 2.24. The number of rotatable bonds is 8. The second-order valence-corrected chi connectivity index (χ2v) is 7.22. The monoisotopic (exact) mass is 390 g/mol. The first kappa shape index (κ1) is 20.3. The second kappa shape index (κ2) is 9.68. The molecule has 2 aromatic carbocycles. The number of hydrogen-bond donors (Lipinski definition) is 2. The number of carbonyl (C=O) groups excluding carboxylic acids is 2. The summed E-state index contributed by atoms with van der Waals surface area (Å²) in [4.78, 5) is 25.0. The van der Waals surface area contributed by atoms with Crippen molar-refractivity contribution in [2.24, 2.45) is 5.92 Å². The number of aromatic nitrogens is 2. The Morgan fingerprint density at radius 3 is 2.34 bits per heavy atom. The summed E-state index contributed by atoms with van der Waals surface area (Å²) in [6.07, 6.45) is 4.35. The van der Waals surface area contributed by atoms with E-state index >= 15 is 0 Å². The summed E-state index contributed by atoms with van der Waals surface area (Å²) in [6, 6.07) is 18.3. The quantitative estimate of drug-likeness (QED) is 0.621. The highest BCUT2D eigenvalue weighted by atomic mass is 16.2. The van der Waals surface area contributed by atoms with Crippen molar-refractivity contribution in [1.82, 2.24) is 20.4 Å². The minimum atomic E-state index is -0.579. The molecule has 3 rings (SSSR count). The number of amides is 2. The van der Waals surface area contributed by atoms with Crippen molar-refractivity contribution >= 4 is 11.8 Å². The van der Waals surface area contributed by atoms with Gasteiger partial charge in [0.2, 0.25) is 5.91 Å². The molecule has 1 unspecified atom stereocenters. The molecule has 3 aromatic rings. The molecule has 0 aliphatic carbocycles. The number of hydrogen-bond acceptors (Lipinski definition) is 3. The fourth-order valence-electron chi connectivity index (χ4n) is 3.03. The Labute approximate surface area is 170 Å². The molecule has 29 heavy (non-hydrogen) atoms. The molecule has 0 saturated heterocycles. The van der Waals surface area contributed by atoms with Crippen molar-refractivity contribution in [3.05, 3.63) is 84.2 Å². The average Bonchev–Trinajstić information content (AvgIpc) is 3.27. The number of nitrogens with one attached hydrogen (secondary N) is 2. The smallest absolute Gasteiger partial charge is 0.251 e. The molecule has 0 fully saturated rings. The van der Waals surface area contributed by atoms with Gasteiger partial charge in [0.15, 0.2) is 0 Å². The zero-order chi connectivity index (χ0) is 20.6. The van der Waals surface area contributed by atoms with E-state index in [9.17, 15) is 9.59 Å². The number of nitrogens with zero attached hydrogens (tertiary/aromatic N) is 2. The second-order valence-electron chi connectivity index (χ2n) is 7.22. The Bertz CT molecular complexity index is 919. The van der Waals surface area contributed by atoms with Gasteiger partial charge in [-0.1, -0.05) is 44.2 Å². The molecule has 1 aromatic heterocycles. The summed E-state index contributed by atoms with van der Waals surface area (Å²) >= 11 is 0. The van der Waals surface area contributed by atoms with Crippen LogP contribution >= 0.6 is 0 Å². The van der Waals surface area contributed by atoms with E-state index in [1.807, 2.05) is 56.4 Å². The van der Waals surface area contributed by atoms with Crippen LogP contribution in [0.25, 0.3) is 5.69 Å². The van der Waals surface area contributed by atoms with Crippen molar-refractivity contribution in [2.45, 2.75) is 26.3 Å². The van der Waals surface area contributed by atoms with Crippen LogP contribution < -0.4 is 10.6 Å². The van der Waals surface area contributed by atoms with Crippen LogP contribution in [-0.4, -0.2) is 34.2 Å². The first-order valence-electron chi connectivity index (χ1n) is 9.77. The molecule has 1 atom stereocenters. The third kappa shape index (κ3) is 5.54. The fourth-order valence-corrected chi connectivity index (χ4v) is 3.03. The lowest BCUT2D eigenvalue weighted by Crippen LogP contribution is -2.50. The summed E-state index contributed by atoms with van der Waals surface area (Å²) in [7, 11) is 0. The molecular weight excluding hydrogens is 364 g/mol. The zero-order valence-corrected chi connectivity index (χ0v) is 16.7. The average molecular weight is 390 g/mol. The van der Waals surface area contributed by atoms with Gasteiger partial charge in [-0.3, -0.25) is 9.59 Å². The molecular formula is C23H26N4O2. The lowest BCUT2D eigenvalue weighted by atomic mass is 10.0. The Hall–Kier alpha value is -3.41. The topological polar surface area (TPSA) is 76.0 Å². The van der Waals surface area contributed by atoms with E-state index in [0.29, 0.717) is 18.5 Å². The minimum Gasteiger partial charge on any atom is -0.354 e. The third-order valence-electron chi connectivity index (χ3n) is 4.69. The molecule has 0 aliphatic rings. The van der Waals surface area contributed by atoms with Crippen molar-refractivity contribution in [3.8, 4) is 5.69 Å².